The summed E-state index contributed by atoms with van der Waals surface area (Å²) in [6.45, 7) is 1.36. The maximum Gasteiger partial charge on any atom is 0.270 e. The van der Waals surface area contributed by atoms with Crippen LogP contribution in [0.5, 0.6) is 0 Å². The Morgan fingerprint density at radius 1 is 1.11 bits per heavy atom. The number of aromatic nitrogens is 3. The quantitative estimate of drug-likeness (QED) is 0.0832. The number of nitro groups is 1. The van der Waals surface area contributed by atoms with Crippen LogP contribution in [0.4, 0.5) is 17.2 Å². The second-order valence-electron chi connectivity index (χ2n) is 7.78. The zero-order valence-corrected chi connectivity index (χ0v) is 20.9. The van der Waals surface area contributed by atoms with E-state index < -0.39 is 4.92 Å². The van der Waals surface area contributed by atoms with E-state index in [1.807, 2.05) is 30.5 Å². The first-order valence-corrected chi connectivity index (χ1v) is 12.7. The predicted molar refractivity (Wildman–Crippen MR) is 144 cm³/mol. The van der Waals surface area contributed by atoms with Gasteiger partial charge in [0.2, 0.25) is 0 Å². The Morgan fingerprint density at radius 2 is 1.92 bits per heavy atom. The molecule has 4 rings (SSSR count). The number of fused-ring (bicyclic) bond motifs is 1. The summed E-state index contributed by atoms with van der Waals surface area (Å²) in [7, 11) is 0. The second-order valence-corrected chi connectivity index (χ2v) is 8.99. The van der Waals surface area contributed by atoms with Crippen molar-refractivity contribution < 1.29 is 4.92 Å². The van der Waals surface area contributed by atoms with Crippen LogP contribution in [-0.2, 0) is 0 Å². The summed E-state index contributed by atoms with van der Waals surface area (Å²) in [5.41, 5.74) is 2.90. The van der Waals surface area contributed by atoms with Gasteiger partial charge in [-0.1, -0.05) is 35.5 Å². The molecular weight excluding hydrogens is 498 g/mol. The Bertz CT molecular complexity index is 1460. The molecule has 0 saturated carbocycles. The van der Waals surface area contributed by atoms with Gasteiger partial charge in [-0.3, -0.25) is 15.1 Å². The van der Waals surface area contributed by atoms with Crippen LogP contribution in [0.25, 0.3) is 22.2 Å². The first-order valence-electron chi connectivity index (χ1n) is 11.1. The molecule has 11 heteroatoms. The van der Waals surface area contributed by atoms with E-state index in [0.29, 0.717) is 33.8 Å². The molecule has 0 unspecified atom stereocenters. The molecule has 0 atom stereocenters. The number of nitrogens with one attached hydrogen (secondary N) is 2. The first kappa shape index (κ1) is 25.2. The number of halogens is 1. The number of hydrogen-bond donors (Lipinski definition) is 2. The summed E-state index contributed by atoms with van der Waals surface area (Å²) in [6, 6.07) is 15.8. The number of nitro benzene ring substituents is 1. The largest absolute Gasteiger partial charge is 0.384 e. The number of unbranched alkanes of at least 4 members (excludes halogenated alkanes) is 1. The van der Waals surface area contributed by atoms with Crippen molar-refractivity contribution in [1.82, 2.24) is 15.0 Å². The van der Waals surface area contributed by atoms with E-state index in [0.717, 1.165) is 36.0 Å². The van der Waals surface area contributed by atoms with E-state index in [1.165, 1.54) is 23.9 Å². The lowest BCUT2D eigenvalue weighted by Crippen LogP contribution is -2.10. The lowest BCUT2D eigenvalue weighted by atomic mass is 10.1. The molecule has 0 bridgehead atoms. The van der Waals surface area contributed by atoms with E-state index in [-0.39, 0.29) is 11.3 Å². The zero-order valence-electron chi connectivity index (χ0n) is 19.4. The van der Waals surface area contributed by atoms with Gasteiger partial charge in [-0.25, -0.2) is 9.97 Å². The van der Waals surface area contributed by atoms with Gasteiger partial charge in [0.1, 0.15) is 17.5 Å². The van der Waals surface area contributed by atoms with Gasteiger partial charge < -0.3 is 10.6 Å². The number of nitriles is 1. The van der Waals surface area contributed by atoms with Gasteiger partial charge in [-0.2, -0.15) is 5.26 Å². The molecular formula is C25H22ClN7O2S. The summed E-state index contributed by atoms with van der Waals surface area (Å²) in [6.07, 6.45) is 5.30. The molecule has 2 N–H and O–H groups in total. The third-order valence-corrected chi connectivity index (χ3v) is 6.21. The van der Waals surface area contributed by atoms with Crippen molar-refractivity contribution in [3.63, 3.8) is 0 Å². The van der Waals surface area contributed by atoms with E-state index >= 15 is 0 Å². The highest BCUT2D eigenvalue weighted by Gasteiger charge is 2.18. The van der Waals surface area contributed by atoms with Gasteiger partial charge >= 0.3 is 0 Å². The van der Waals surface area contributed by atoms with Crippen LogP contribution in [0.3, 0.4) is 0 Å². The lowest BCUT2D eigenvalue weighted by Gasteiger charge is -2.13. The zero-order chi connectivity index (χ0) is 25.5. The molecule has 0 aliphatic rings. The van der Waals surface area contributed by atoms with E-state index in [4.69, 9.17) is 11.6 Å². The van der Waals surface area contributed by atoms with Gasteiger partial charge in [0.05, 0.1) is 16.1 Å². The minimum atomic E-state index is -0.469. The number of non-ortho nitro benzene ring substituents is 1. The molecule has 0 fully saturated rings. The van der Waals surface area contributed by atoms with Gasteiger partial charge in [0.15, 0.2) is 5.16 Å². The van der Waals surface area contributed by atoms with Crippen LogP contribution < -0.4 is 10.6 Å². The van der Waals surface area contributed by atoms with Crippen LogP contribution in [0.2, 0.25) is 5.02 Å². The van der Waals surface area contributed by atoms with Crippen molar-refractivity contribution in [2.75, 3.05) is 30.0 Å². The fraction of sp³-hybridized carbons (Fsp3) is 0.200. The van der Waals surface area contributed by atoms with Crippen molar-refractivity contribution in [3.8, 4) is 17.3 Å². The van der Waals surface area contributed by atoms with Gasteiger partial charge in [-0.15, -0.1) is 0 Å². The molecule has 2 aromatic heterocycles. The van der Waals surface area contributed by atoms with Gasteiger partial charge in [-0.05, 0) is 43.4 Å². The Labute approximate surface area is 217 Å². The number of anilines is 2. The summed E-state index contributed by atoms with van der Waals surface area (Å²) < 4.78 is 0. The van der Waals surface area contributed by atoms with Gasteiger partial charge in [0.25, 0.3) is 5.69 Å². The number of pyridine rings is 1. The maximum absolute atomic E-state index is 11.2. The standard InChI is InChI=1S/C25H22ClN7O2S/c1-36-25-31-23(16-5-4-6-18(13-16)33(34)35)20(15-27)24(32-25)30-11-3-2-10-28-21-9-12-29-22-14-17(26)7-8-19(21)22/h4-9,12-14H,2-3,10-11H2,1H3,(H,28,29)(H,30,31,32). The lowest BCUT2D eigenvalue weighted by molar-refractivity contribution is -0.384. The average molecular weight is 520 g/mol. The van der Waals surface area contributed by atoms with Crippen molar-refractivity contribution >= 4 is 51.5 Å². The Hall–Kier alpha value is -3.94. The molecule has 0 aliphatic carbocycles. The Balaban J connectivity index is 1.41. The van der Waals surface area contributed by atoms with E-state index in [1.54, 1.807) is 18.3 Å². The number of benzene rings is 2. The fourth-order valence-electron chi connectivity index (χ4n) is 3.70. The summed E-state index contributed by atoms with van der Waals surface area (Å²) in [5.74, 6) is 0.420. The molecule has 4 aromatic rings. The number of thioether (sulfide) groups is 1. The second kappa shape index (κ2) is 11.7. The molecule has 0 amide bonds. The Morgan fingerprint density at radius 3 is 2.67 bits per heavy atom. The minimum absolute atomic E-state index is 0.0622. The molecule has 182 valence electrons. The molecule has 9 nitrogen and oxygen atoms in total. The maximum atomic E-state index is 11.2. The first-order chi connectivity index (χ1) is 17.5. The van der Waals surface area contributed by atoms with Gasteiger partial charge in [0, 0.05) is 53.1 Å². The van der Waals surface area contributed by atoms with Crippen LogP contribution in [0.15, 0.2) is 59.9 Å². The monoisotopic (exact) mass is 519 g/mol. The molecule has 0 aliphatic heterocycles. The molecule has 0 radical (unpaired) electrons. The molecule has 36 heavy (non-hydrogen) atoms. The molecule has 2 aromatic carbocycles. The highest BCUT2D eigenvalue weighted by atomic mass is 35.5. The summed E-state index contributed by atoms with van der Waals surface area (Å²) in [5, 5.41) is 29.9. The molecule has 2 heterocycles. The van der Waals surface area contributed by atoms with Crippen molar-refractivity contribution in [3.05, 3.63) is 75.4 Å². The third-order valence-electron chi connectivity index (χ3n) is 5.43. The van der Waals surface area contributed by atoms with E-state index in [9.17, 15) is 15.4 Å². The van der Waals surface area contributed by atoms with Crippen LogP contribution in [-0.4, -0.2) is 39.2 Å². The predicted octanol–water partition coefficient (Wildman–Crippen LogP) is 6.15. The molecule has 0 saturated heterocycles. The normalized spacial score (nSPS) is 10.7. The van der Waals surface area contributed by atoms with Crippen LogP contribution in [0.1, 0.15) is 18.4 Å². The number of nitrogens with zero attached hydrogens (tertiary/aromatic N) is 5. The van der Waals surface area contributed by atoms with Crippen molar-refractivity contribution in [1.29, 1.82) is 5.26 Å². The average Bonchev–Trinajstić information content (AvgIpc) is 2.89. The Kier molecular flexibility index (Phi) is 8.15. The fourth-order valence-corrected chi connectivity index (χ4v) is 4.23. The van der Waals surface area contributed by atoms with Crippen LogP contribution >= 0.6 is 23.4 Å². The van der Waals surface area contributed by atoms with Crippen molar-refractivity contribution in [2.45, 2.75) is 18.0 Å². The SMILES string of the molecule is CSc1nc(NCCCCNc2ccnc3cc(Cl)ccc23)c(C#N)c(-c2cccc([N+](=O)[O-])c2)n1. The highest BCUT2D eigenvalue weighted by Crippen LogP contribution is 2.30. The van der Waals surface area contributed by atoms with E-state index in [2.05, 4.69) is 31.7 Å². The molecule has 0 spiro atoms. The highest BCUT2D eigenvalue weighted by molar-refractivity contribution is 7.98. The number of rotatable bonds is 10. The van der Waals surface area contributed by atoms with Crippen LogP contribution in [0, 0.1) is 21.4 Å². The number of hydrogen-bond acceptors (Lipinski definition) is 9. The van der Waals surface area contributed by atoms with Crippen molar-refractivity contribution in [2.24, 2.45) is 0 Å². The summed E-state index contributed by atoms with van der Waals surface area (Å²) in [4.78, 5) is 24.0. The summed E-state index contributed by atoms with van der Waals surface area (Å²) >= 11 is 7.40. The minimum Gasteiger partial charge on any atom is -0.384 e. The topological polar surface area (TPSA) is 130 Å². The third kappa shape index (κ3) is 5.82. The smallest absolute Gasteiger partial charge is 0.270 e.